The number of fused-ring (bicyclic) bond motifs is 1. The molecule has 0 atom stereocenters. The van der Waals surface area contributed by atoms with Crippen molar-refractivity contribution in [3.05, 3.63) is 18.2 Å². The van der Waals surface area contributed by atoms with Gasteiger partial charge in [0.1, 0.15) is 5.75 Å². The smallest absolute Gasteiger partial charge is 0.421 e. The maximum absolute atomic E-state index is 11.6. The molecule has 1 N–H and O–H groups in total. The van der Waals surface area contributed by atoms with Crippen molar-refractivity contribution >= 4 is 23.4 Å². The zero-order chi connectivity index (χ0) is 12.4. The Kier molecular flexibility index (Phi) is 2.86. The van der Waals surface area contributed by atoms with Crippen LogP contribution in [0.1, 0.15) is 0 Å². The van der Waals surface area contributed by atoms with Crippen LogP contribution in [0.2, 0.25) is 0 Å². The van der Waals surface area contributed by atoms with Crippen LogP contribution < -0.4 is 15.0 Å². The number of benzene rings is 1. The van der Waals surface area contributed by atoms with Crippen LogP contribution in [0.5, 0.6) is 5.75 Å². The van der Waals surface area contributed by atoms with Crippen LogP contribution in [0.25, 0.3) is 0 Å². The van der Waals surface area contributed by atoms with Gasteiger partial charge in [0.25, 0.3) is 5.91 Å². The molecular formula is C11H12N2O4. The Bertz CT molecular complexity index is 473. The largest absolute Gasteiger partial charge is 0.482 e. The van der Waals surface area contributed by atoms with Crippen molar-refractivity contribution in [3.63, 3.8) is 0 Å². The molecule has 17 heavy (non-hydrogen) atoms. The number of nitrogens with zero attached hydrogens (tertiary/aromatic N) is 1. The van der Waals surface area contributed by atoms with Crippen LogP contribution in [0, 0.1) is 0 Å². The molecule has 6 heteroatoms. The third-order valence-corrected chi connectivity index (χ3v) is 2.45. The van der Waals surface area contributed by atoms with Gasteiger partial charge in [0.05, 0.1) is 12.8 Å². The van der Waals surface area contributed by atoms with Gasteiger partial charge >= 0.3 is 6.09 Å². The van der Waals surface area contributed by atoms with E-state index in [9.17, 15) is 9.59 Å². The van der Waals surface area contributed by atoms with Gasteiger partial charge in [-0.15, -0.1) is 0 Å². The van der Waals surface area contributed by atoms with E-state index in [0.717, 1.165) is 10.6 Å². The summed E-state index contributed by atoms with van der Waals surface area (Å²) >= 11 is 0. The summed E-state index contributed by atoms with van der Waals surface area (Å²) in [5.41, 5.74) is 1.16. The highest BCUT2D eigenvalue weighted by molar-refractivity contribution is 6.15. The number of nitrogens with one attached hydrogen (secondary N) is 1. The van der Waals surface area contributed by atoms with Gasteiger partial charge < -0.3 is 14.8 Å². The van der Waals surface area contributed by atoms with E-state index < -0.39 is 12.0 Å². The summed E-state index contributed by atoms with van der Waals surface area (Å²) in [5.74, 6) is 0.0339. The van der Waals surface area contributed by atoms with Gasteiger partial charge in [-0.3, -0.25) is 4.79 Å². The molecule has 1 aromatic carbocycles. The molecule has 2 amide bonds. The van der Waals surface area contributed by atoms with Gasteiger partial charge in [-0.05, 0) is 18.2 Å². The molecule has 0 bridgehead atoms. The summed E-state index contributed by atoms with van der Waals surface area (Å²) in [6, 6.07) is 5.15. The number of hydrogen-bond donors (Lipinski definition) is 1. The molecule has 0 saturated carbocycles. The second-order valence-electron chi connectivity index (χ2n) is 3.42. The second-order valence-corrected chi connectivity index (χ2v) is 3.42. The van der Waals surface area contributed by atoms with E-state index in [1.165, 1.54) is 7.11 Å². The number of rotatable bonds is 1. The lowest BCUT2D eigenvalue weighted by Gasteiger charge is -2.26. The van der Waals surface area contributed by atoms with Gasteiger partial charge in [0.15, 0.2) is 6.61 Å². The first-order valence-corrected chi connectivity index (χ1v) is 5.03. The fourth-order valence-electron chi connectivity index (χ4n) is 1.60. The van der Waals surface area contributed by atoms with Crippen molar-refractivity contribution in [2.75, 3.05) is 31.0 Å². The van der Waals surface area contributed by atoms with Gasteiger partial charge in [0.2, 0.25) is 0 Å². The normalized spacial score (nSPS) is 13.8. The lowest BCUT2D eigenvalue weighted by atomic mass is 10.2. The average Bonchev–Trinajstić information content (AvgIpc) is 2.37. The molecule has 2 rings (SSSR count). The van der Waals surface area contributed by atoms with E-state index in [2.05, 4.69) is 10.1 Å². The number of carbonyl (C=O) groups is 2. The van der Waals surface area contributed by atoms with Crippen molar-refractivity contribution in [2.24, 2.45) is 0 Å². The summed E-state index contributed by atoms with van der Waals surface area (Å²) in [6.07, 6.45) is -0.715. The van der Waals surface area contributed by atoms with Gasteiger partial charge in [0, 0.05) is 12.7 Å². The number of hydrogen-bond acceptors (Lipinski definition) is 5. The molecule has 90 valence electrons. The van der Waals surface area contributed by atoms with E-state index in [0.29, 0.717) is 11.4 Å². The van der Waals surface area contributed by atoms with Gasteiger partial charge in [-0.25, -0.2) is 9.69 Å². The molecule has 0 aromatic heterocycles. The third-order valence-electron chi connectivity index (χ3n) is 2.45. The summed E-state index contributed by atoms with van der Waals surface area (Å²) in [4.78, 5) is 24.2. The second kappa shape index (κ2) is 4.32. The zero-order valence-electron chi connectivity index (χ0n) is 9.52. The SMILES string of the molecule is CNc1ccc2c(c1)N(C(=O)OC)C(=O)CO2. The number of methoxy groups -OCH3 is 1. The number of carbonyl (C=O) groups excluding carboxylic acids is 2. The quantitative estimate of drug-likeness (QED) is 0.794. The Hall–Kier alpha value is -2.24. The summed E-state index contributed by atoms with van der Waals surface area (Å²) in [7, 11) is 2.97. The Morgan fingerprint density at radius 3 is 2.94 bits per heavy atom. The number of anilines is 2. The maximum atomic E-state index is 11.6. The molecule has 0 saturated heterocycles. The highest BCUT2D eigenvalue weighted by Crippen LogP contribution is 2.34. The van der Waals surface area contributed by atoms with Crippen LogP contribution >= 0.6 is 0 Å². The lowest BCUT2D eigenvalue weighted by Crippen LogP contribution is -2.43. The summed E-state index contributed by atoms with van der Waals surface area (Å²) in [5, 5.41) is 2.92. The van der Waals surface area contributed by atoms with Crippen LogP contribution in [0.3, 0.4) is 0 Å². The minimum absolute atomic E-state index is 0.166. The fraction of sp³-hybridized carbons (Fsp3) is 0.273. The Balaban J connectivity index is 2.48. The van der Waals surface area contributed by atoms with Gasteiger partial charge in [-0.2, -0.15) is 0 Å². The first kappa shape index (κ1) is 11.3. The van der Waals surface area contributed by atoms with Crippen LogP contribution in [0.15, 0.2) is 18.2 Å². The molecule has 1 aliphatic rings. The Morgan fingerprint density at radius 2 is 2.29 bits per heavy atom. The highest BCUT2D eigenvalue weighted by Gasteiger charge is 2.31. The maximum Gasteiger partial charge on any atom is 0.421 e. The molecule has 6 nitrogen and oxygen atoms in total. The van der Waals surface area contributed by atoms with E-state index in [1.807, 2.05) is 0 Å². The number of imide groups is 1. The average molecular weight is 236 g/mol. The van der Waals surface area contributed by atoms with Crippen LogP contribution in [-0.2, 0) is 9.53 Å². The predicted molar refractivity (Wildman–Crippen MR) is 61.4 cm³/mol. The summed E-state index contributed by atoms with van der Waals surface area (Å²) < 4.78 is 9.81. The predicted octanol–water partition coefficient (Wildman–Crippen LogP) is 1.22. The molecule has 0 fully saturated rings. The molecule has 0 unspecified atom stereocenters. The standard InChI is InChI=1S/C11H12N2O4/c1-12-7-3-4-9-8(5-7)13(11(15)16-2)10(14)6-17-9/h3-5,12H,6H2,1-2H3. The Morgan fingerprint density at radius 1 is 1.53 bits per heavy atom. The van der Waals surface area contributed by atoms with Crippen molar-refractivity contribution in [2.45, 2.75) is 0 Å². The van der Waals surface area contributed by atoms with Crippen molar-refractivity contribution in [1.29, 1.82) is 0 Å². The first-order chi connectivity index (χ1) is 8.17. The van der Waals surface area contributed by atoms with E-state index in [4.69, 9.17) is 4.74 Å². The molecule has 1 aromatic rings. The molecular weight excluding hydrogens is 224 g/mol. The highest BCUT2D eigenvalue weighted by atomic mass is 16.5. The number of ether oxygens (including phenoxy) is 2. The Labute approximate surface area is 98.1 Å². The first-order valence-electron chi connectivity index (χ1n) is 5.03. The molecule has 0 radical (unpaired) electrons. The van der Waals surface area contributed by atoms with Crippen molar-refractivity contribution in [3.8, 4) is 5.75 Å². The minimum Gasteiger partial charge on any atom is -0.482 e. The lowest BCUT2D eigenvalue weighted by molar-refractivity contribution is -0.120. The monoisotopic (exact) mass is 236 g/mol. The van der Waals surface area contributed by atoms with Gasteiger partial charge in [-0.1, -0.05) is 0 Å². The van der Waals surface area contributed by atoms with Crippen molar-refractivity contribution < 1.29 is 19.1 Å². The molecule has 1 heterocycles. The van der Waals surface area contributed by atoms with E-state index in [1.54, 1.807) is 25.2 Å². The van der Waals surface area contributed by atoms with Crippen LogP contribution in [-0.4, -0.2) is 32.8 Å². The van der Waals surface area contributed by atoms with E-state index >= 15 is 0 Å². The van der Waals surface area contributed by atoms with E-state index in [-0.39, 0.29) is 6.61 Å². The minimum atomic E-state index is -0.715. The zero-order valence-corrected chi connectivity index (χ0v) is 9.52. The van der Waals surface area contributed by atoms with Crippen molar-refractivity contribution in [1.82, 2.24) is 0 Å². The summed E-state index contributed by atoms with van der Waals surface area (Å²) in [6.45, 7) is -0.166. The third kappa shape index (κ3) is 1.89. The van der Waals surface area contributed by atoms with Crippen LogP contribution in [0.4, 0.5) is 16.2 Å². The topological polar surface area (TPSA) is 67.9 Å². The molecule has 1 aliphatic heterocycles. The molecule has 0 spiro atoms. The number of amides is 2. The molecule has 0 aliphatic carbocycles. The fourth-order valence-corrected chi connectivity index (χ4v) is 1.60.